The Kier molecular flexibility index (Phi) is 4.73. The molecule has 1 aromatic carbocycles. The van der Waals surface area contributed by atoms with Crippen LogP contribution in [-0.4, -0.2) is 22.1 Å². The Hall–Kier alpha value is -2.60. The number of pyridine rings is 1. The predicted octanol–water partition coefficient (Wildman–Crippen LogP) is 2.68. The number of carbonyl (C=O) groups is 2. The van der Waals surface area contributed by atoms with E-state index in [0.717, 1.165) is 0 Å². The number of urea groups is 1. The maximum atomic E-state index is 11.8. The number of halogens is 1. The highest BCUT2D eigenvalue weighted by atomic mass is 35.5. The fourth-order valence-electron chi connectivity index (χ4n) is 1.67. The monoisotopic (exact) mass is 305 g/mol. The molecule has 0 spiro atoms. The largest absolute Gasteiger partial charge is 0.479 e. The van der Waals surface area contributed by atoms with E-state index in [0.29, 0.717) is 10.6 Å². The Morgan fingerprint density at radius 1 is 1.14 bits per heavy atom. The topological polar surface area (TPSA) is 91.3 Å². The lowest BCUT2D eigenvalue weighted by molar-refractivity contribution is -0.139. The van der Waals surface area contributed by atoms with Gasteiger partial charge in [0.05, 0.1) is 5.02 Å². The minimum absolute atomic E-state index is 0.272. The number of aromatic nitrogens is 1. The van der Waals surface area contributed by atoms with Crippen LogP contribution in [0.1, 0.15) is 11.6 Å². The summed E-state index contributed by atoms with van der Waals surface area (Å²) in [6.07, 6.45) is 1.38. The Morgan fingerprint density at radius 2 is 1.86 bits per heavy atom. The molecule has 0 saturated carbocycles. The molecule has 0 saturated heterocycles. The van der Waals surface area contributed by atoms with Crippen LogP contribution in [0.5, 0.6) is 0 Å². The molecule has 1 atom stereocenters. The first-order chi connectivity index (χ1) is 10.1. The lowest BCUT2D eigenvalue weighted by Crippen LogP contribution is -2.36. The Balaban J connectivity index is 2.05. The van der Waals surface area contributed by atoms with Crippen LogP contribution in [0.25, 0.3) is 0 Å². The van der Waals surface area contributed by atoms with Gasteiger partial charge in [0.15, 0.2) is 6.04 Å². The van der Waals surface area contributed by atoms with Crippen LogP contribution < -0.4 is 10.6 Å². The number of hydrogen-bond donors (Lipinski definition) is 3. The van der Waals surface area contributed by atoms with Gasteiger partial charge in [0, 0.05) is 6.20 Å². The molecule has 0 bridgehead atoms. The number of rotatable bonds is 4. The summed E-state index contributed by atoms with van der Waals surface area (Å²) in [5.41, 5.74) is 0.476. The third-order valence-electron chi connectivity index (χ3n) is 2.62. The summed E-state index contributed by atoms with van der Waals surface area (Å²) < 4.78 is 0. The van der Waals surface area contributed by atoms with Crippen LogP contribution in [0.3, 0.4) is 0 Å². The van der Waals surface area contributed by atoms with E-state index in [-0.39, 0.29) is 5.82 Å². The van der Waals surface area contributed by atoms with Gasteiger partial charge in [-0.25, -0.2) is 14.6 Å². The number of nitrogens with zero attached hydrogens (tertiary/aromatic N) is 1. The molecule has 2 rings (SSSR count). The molecule has 0 aliphatic carbocycles. The second kappa shape index (κ2) is 6.71. The van der Waals surface area contributed by atoms with Crippen molar-refractivity contribution >= 4 is 29.4 Å². The molecule has 6 nitrogen and oxygen atoms in total. The van der Waals surface area contributed by atoms with E-state index < -0.39 is 18.0 Å². The first-order valence-electron chi connectivity index (χ1n) is 6.03. The standard InChI is InChI=1S/C14H12ClN3O3/c15-10-6-7-11(16-8-10)17-14(21)18-12(13(19)20)9-4-2-1-3-5-9/h1-8,12H,(H,19,20)(H2,16,17,18,21). The molecule has 0 radical (unpaired) electrons. The van der Waals surface area contributed by atoms with Gasteiger partial charge >= 0.3 is 12.0 Å². The average molecular weight is 306 g/mol. The molecule has 0 aliphatic rings. The molecule has 1 heterocycles. The molecule has 108 valence electrons. The number of hydrogen-bond acceptors (Lipinski definition) is 3. The molecule has 0 fully saturated rings. The Labute approximate surface area is 125 Å². The number of carbonyl (C=O) groups excluding carboxylic acids is 1. The van der Waals surface area contributed by atoms with Gasteiger partial charge in [0.1, 0.15) is 5.82 Å². The molecule has 2 amide bonds. The fraction of sp³-hybridized carbons (Fsp3) is 0.0714. The molecule has 0 aliphatic heterocycles. The highest BCUT2D eigenvalue weighted by Crippen LogP contribution is 2.13. The second-order valence-corrected chi connectivity index (χ2v) is 4.58. The minimum Gasteiger partial charge on any atom is -0.479 e. The normalized spacial score (nSPS) is 11.5. The lowest BCUT2D eigenvalue weighted by Gasteiger charge is -2.15. The smallest absolute Gasteiger partial charge is 0.330 e. The summed E-state index contributed by atoms with van der Waals surface area (Å²) in [6, 6.07) is 9.69. The zero-order valence-corrected chi connectivity index (χ0v) is 11.5. The Bertz CT molecular complexity index is 632. The molecule has 1 unspecified atom stereocenters. The number of anilines is 1. The van der Waals surface area contributed by atoms with E-state index in [1.807, 2.05) is 0 Å². The molecular formula is C14H12ClN3O3. The van der Waals surface area contributed by atoms with Crippen molar-refractivity contribution < 1.29 is 14.7 Å². The average Bonchev–Trinajstić information content (AvgIpc) is 2.48. The molecule has 3 N–H and O–H groups in total. The predicted molar refractivity (Wildman–Crippen MR) is 78.2 cm³/mol. The summed E-state index contributed by atoms with van der Waals surface area (Å²) in [5.74, 6) is -0.880. The van der Waals surface area contributed by atoms with Crippen molar-refractivity contribution in [3.8, 4) is 0 Å². The molecule has 1 aromatic heterocycles. The quantitative estimate of drug-likeness (QED) is 0.810. The summed E-state index contributed by atoms with van der Waals surface area (Å²) in [7, 11) is 0. The van der Waals surface area contributed by atoms with Crippen molar-refractivity contribution in [2.75, 3.05) is 5.32 Å². The van der Waals surface area contributed by atoms with Crippen molar-refractivity contribution in [3.05, 3.63) is 59.2 Å². The maximum Gasteiger partial charge on any atom is 0.330 e. The maximum absolute atomic E-state index is 11.8. The summed E-state index contributed by atoms with van der Waals surface area (Å²) >= 11 is 5.69. The number of carboxylic acids is 1. The van der Waals surface area contributed by atoms with Crippen LogP contribution in [-0.2, 0) is 4.79 Å². The van der Waals surface area contributed by atoms with E-state index in [2.05, 4.69) is 15.6 Å². The SMILES string of the molecule is O=C(Nc1ccc(Cl)cn1)NC(C(=O)O)c1ccccc1. The zero-order chi connectivity index (χ0) is 15.2. The van der Waals surface area contributed by atoms with Gasteiger partial charge in [-0.3, -0.25) is 5.32 Å². The molecule has 2 aromatic rings. The number of nitrogens with one attached hydrogen (secondary N) is 2. The third kappa shape index (κ3) is 4.19. The number of amides is 2. The first-order valence-corrected chi connectivity index (χ1v) is 6.41. The lowest BCUT2D eigenvalue weighted by atomic mass is 10.1. The van der Waals surface area contributed by atoms with Crippen molar-refractivity contribution in [2.24, 2.45) is 0 Å². The van der Waals surface area contributed by atoms with Gasteiger partial charge < -0.3 is 10.4 Å². The van der Waals surface area contributed by atoms with E-state index in [1.165, 1.54) is 12.3 Å². The van der Waals surface area contributed by atoms with Crippen molar-refractivity contribution in [2.45, 2.75) is 6.04 Å². The molecule has 7 heteroatoms. The van der Waals surface area contributed by atoms with Gasteiger partial charge in [-0.1, -0.05) is 41.9 Å². The highest BCUT2D eigenvalue weighted by molar-refractivity contribution is 6.30. The molecule has 21 heavy (non-hydrogen) atoms. The van der Waals surface area contributed by atoms with E-state index in [1.54, 1.807) is 36.4 Å². The third-order valence-corrected chi connectivity index (χ3v) is 2.85. The number of benzene rings is 1. The summed E-state index contributed by atoms with van der Waals surface area (Å²) in [5, 5.41) is 14.5. The van der Waals surface area contributed by atoms with Crippen molar-refractivity contribution in [3.63, 3.8) is 0 Å². The van der Waals surface area contributed by atoms with Gasteiger partial charge in [-0.15, -0.1) is 0 Å². The second-order valence-electron chi connectivity index (χ2n) is 4.14. The van der Waals surface area contributed by atoms with Crippen LogP contribution >= 0.6 is 11.6 Å². The number of carboxylic acid groups (broad SMARTS) is 1. The van der Waals surface area contributed by atoms with E-state index in [9.17, 15) is 14.7 Å². The van der Waals surface area contributed by atoms with Gasteiger partial charge in [0.2, 0.25) is 0 Å². The summed E-state index contributed by atoms with van der Waals surface area (Å²) in [4.78, 5) is 27.0. The van der Waals surface area contributed by atoms with Crippen LogP contribution in [0.15, 0.2) is 48.7 Å². The van der Waals surface area contributed by atoms with E-state index >= 15 is 0 Å². The molecular weight excluding hydrogens is 294 g/mol. The van der Waals surface area contributed by atoms with Gasteiger partial charge in [-0.05, 0) is 17.7 Å². The van der Waals surface area contributed by atoms with Gasteiger partial charge in [0.25, 0.3) is 0 Å². The summed E-state index contributed by atoms with van der Waals surface area (Å²) in [6.45, 7) is 0. The zero-order valence-electron chi connectivity index (χ0n) is 10.8. The van der Waals surface area contributed by atoms with Crippen LogP contribution in [0.4, 0.5) is 10.6 Å². The van der Waals surface area contributed by atoms with Gasteiger partial charge in [-0.2, -0.15) is 0 Å². The van der Waals surface area contributed by atoms with E-state index in [4.69, 9.17) is 11.6 Å². The van der Waals surface area contributed by atoms with Crippen LogP contribution in [0.2, 0.25) is 5.02 Å². The Morgan fingerprint density at radius 3 is 2.43 bits per heavy atom. The van der Waals surface area contributed by atoms with Crippen molar-refractivity contribution in [1.82, 2.24) is 10.3 Å². The highest BCUT2D eigenvalue weighted by Gasteiger charge is 2.21. The number of aliphatic carboxylic acids is 1. The van der Waals surface area contributed by atoms with Crippen molar-refractivity contribution in [1.29, 1.82) is 0 Å². The first kappa shape index (κ1) is 14.8. The minimum atomic E-state index is -1.15. The fourth-order valence-corrected chi connectivity index (χ4v) is 1.78. The van der Waals surface area contributed by atoms with Crippen LogP contribution in [0, 0.1) is 0 Å².